The zero-order valence-electron chi connectivity index (χ0n) is 13.2. The van der Waals surface area contributed by atoms with Gasteiger partial charge in [-0.05, 0) is 50.4 Å². The predicted octanol–water partition coefficient (Wildman–Crippen LogP) is 2.63. The van der Waals surface area contributed by atoms with Crippen LogP contribution in [-0.4, -0.2) is 35.6 Å². The molecule has 1 aliphatic carbocycles. The topological polar surface area (TPSA) is 62.3 Å². The van der Waals surface area contributed by atoms with E-state index in [4.69, 9.17) is 15.2 Å². The van der Waals surface area contributed by atoms with Gasteiger partial charge in [0, 0.05) is 25.8 Å². The van der Waals surface area contributed by atoms with E-state index < -0.39 is 0 Å². The van der Waals surface area contributed by atoms with Crippen molar-refractivity contribution >= 4 is 12.4 Å². The van der Waals surface area contributed by atoms with E-state index >= 15 is 0 Å². The van der Waals surface area contributed by atoms with Crippen LogP contribution in [-0.2, 0) is 11.3 Å². The Labute approximate surface area is 138 Å². The molecule has 126 valence electrons. The molecule has 1 saturated heterocycles. The lowest BCUT2D eigenvalue weighted by atomic mass is 9.86. The van der Waals surface area contributed by atoms with Gasteiger partial charge in [0.2, 0.25) is 0 Å². The molecule has 5 nitrogen and oxygen atoms in total. The molecule has 2 aliphatic rings. The third-order valence-corrected chi connectivity index (χ3v) is 4.77. The molecule has 1 aromatic heterocycles. The van der Waals surface area contributed by atoms with E-state index in [1.54, 1.807) is 0 Å². The Morgan fingerprint density at radius 2 is 1.86 bits per heavy atom. The fourth-order valence-corrected chi connectivity index (χ4v) is 3.28. The lowest BCUT2D eigenvalue weighted by molar-refractivity contribution is 0.0497. The molecule has 2 N–H and O–H groups in total. The third-order valence-electron chi connectivity index (χ3n) is 4.77. The van der Waals surface area contributed by atoms with E-state index in [2.05, 4.69) is 5.10 Å². The molecule has 6 heteroatoms. The number of aromatic nitrogens is 2. The Hall–Kier alpha value is -0.780. The summed E-state index contributed by atoms with van der Waals surface area (Å²) >= 11 is 0. The van der Waals surface area contributed by atoms with Gasteiger partial charge in [-0.15, -0.1) is 12.4 Å². The lowest BCUT2D eigenvalue weighted by Crippen LogP contribution is -2.28. The van der Waals surface area contributed by atoms with Crippen molar-refractivity contribution in [3.05, 3.63) is 12.4 Å². The van der Waals surface area contributed by atoms with Crippen LogP contribution in [0.5, 0.6) is 5.75 Å². The molecule has 0 amide bonds. The van der Waals surface area contributed by atoms with Gasteiger partial charge in [-0.3, -0.25) is 4.68 Å². The molecular weight excluding hydrogens is 302 g/mol. The summed E-state index contributed by atoms with van der Waals surface area (Å²) in [7, 11) is 0. The summed E-state index contributed by atoms with van der Waals surface area (Å²) in [5.74, 6) is 2.24. The van der Waals surface area contributed by atoms with Crippen molar-refractivity contribution in [3.8, 4) is 5.75 Å². The zero-order valence-corrected chi connectivity index (χ0v) is 14.0. The normalized spacial score (nSPS) is 26.4. The molecule has 0 atom stereocenters. The Morgan fingerprint density at radius 3 is 2.59 bits per heavy atom. The maximum absolute atomic E-state index is 5.95. The Bertz CT molecular complexity index is 427. The van der Waals surface area contributed by atoms with Gasteiger partial charge in [0.1, 0.15) is 0 Å². The van der Waals surface area contributed by atoms with Crippen molar-refractivity contribution in [2.45, 2.75) is 51.1 Å². The first-order chi connectivity index (χ1) is 10.3. The molecule has 2 heterocycles. The maximum Gasteiger partial charge on any atom is 0.157 e. The number of ether oxygens (including phenoxy) is 2. The van der Waals surface area contributed by atoms with Gasteiger partial charge in [-0.1, -0.05) is 0 Å². The number of hydrogen-bond acceptors (Lipinski definition) is 4. The fourth-order valence-electron chi connectivity index (χ4n) is 3.28. The van der Waals surface area contributed by atoms with Crippen molar-refractivity contribution in [1.29, 1.82) is 0 Å². The van der Waals surface area contributed by atoms with Gasteiger partial charge in [0.25, 0.3) is 0 Å². The summed E-state index contributed by atoms with van der Waals surface area (Å²) in [5, 5.41) is 4.43. The minimum Gasteiger partial charge on any atom is -0.490 e. The molecule has 1 saturated carbocycles. The van der Waals surface area contributed by atoms with E-state index in [0.717, 1.165) is 57.8 Å². The van der Waals surface area contributed by atoms with Gasteiger partial charge in [0.15, 0.2) is 5.75 Å². The molecule has 0 spiro atoms. The van der Waals surface area contributed by atoms with Crippen LogP contribution in [0.15, 0.2) is 12.4 Å². The van der Waals surface area contributed by atoms with Crippen LogP contribution < -0.4 is 10.5 Å². The summed E-state index contributed by atoms with van der Waals surface area (Å²) in [4.78, 5) is 0. The smallest absolute Gasteiger partial charge is 0.157 e. The van der Waals surface area contributed by atoms with Crippen LogP contribution in [0.2, 0.25) is 0 Å². The first-order valence-corrected chi connectivity index (χ1v) is 8.28. The van der Waals surface area contributed by atoms with Crippen molar-refractivity contribution in [1.82, 2.24) is 9.78 Å². The first kappa shape index (κ1) is 17.6. The minimum atomic E-state index is 0. The van der Waals surface area contributed by atoms with Crippen LogP contribution in [0.25, 0.3) is 0 Å². The number of hydrogen-bond donors (Lipinski definition) is 1. The van der Waals surface area contributed by atoms with Crippen LogP contribution in [0.4, 0.5) is 0 Å². The highest BCUT2D eigenvalue weighted by Crippen LogP contribution is 2.25. The standard InChI is InChI=1S/C16H27N3O2.ClH/c17-15-3-1-13(2-4-15)10-19-11-16(9-18-19)21-12-14-5-7-20-8-6-14;/h9,11,13-15H,1-8,10,12,17H2;1H. The van der Waals surface area contributed by atoms with E-state index in [0.29, 0.717) is 17.9 Å². The highest BCUT2D eigenvalue weighted by molar-refractivity contribution is 5.85. The number of rotatable bonds is 5. The van der Waals surface area contributed by atoms with Gasteiger partial charge in [0.05, 0.1) is 19.0 Å². The lowest BCUT2D eigenvalue weighted by Gasteiger charge is -2.25. The highest BCUT2D eigenvalue weighted by atomic mass is 35.5. The Kier molecular flexibility index (Phi) is 6.99. The monoisotopic (exact) mass is 329 g/mol. The quantitative estimate of drug-likeness (QED) is 0.902. The van der Waals surface area contributed by atoms with E-state index in [1.165, 1.54) is 12.8 Å². The minimum absolute atomic E-state index is 0. The van der Waals surface area contributed by atoms with Gasteiger partial charge in [-0.2, -0.15) is 5.10 Å². The van der Waals surface area contributed by atoms with Crippen molar-refractivity contribution < 1.29 is 9.47 Å². The molecule has 1 aliphatic heterocycles. The van der Waals surface area contributed by atoms with Gasteiger partial charge < -0.3 is 15.2 Å². The molecular formula is C16H28ClN3O2. The average molecular weight is 330 g/mol. The third kappa shape index (κ3) is 5.14. The van der Waals surface area contributed by atoms with Gasteiger partial charge in [-0.25, -0.2) is 0 Å². The first-order valence-electron chi connectivity index (χ1n) is 8.28. The molecule has 0 bridgehead atoms. The second-order valence-corrected chi connectivity index (χ2v) is 6.55. The predicted molar refractivity (Wildman–Crippen MR) is 88.4 cm³/mol. The van der Waals surface area contributed by atoms with Crippen molar-refractivity contribution in [3.63, 3.8) is 0 Å². The molecule has 0 aromatic carbocycles. The highest BCUT2D eigenvalue weighted by Gasteiger charge is 2.19. The number of nitrogens with zero attached hydrogens (tertiary/aromatic N) is 2. The molecule has 2 fully saturated rings. The Morgan fingerprint density at radius 1 is 1.14 bits per heavy atom. The molecule has 3 rings (SSSR count). The molecule has 0 radical (unpaired) electrons. The summed E-state index contributed by atoms with van der Waals surface area (Å²) < 4.78 is 13.3. The fraction of sp³-hybridized carbons (Fsp3) is 0.812. The molecule has 22 heavy (non-hydrogen) atoms. The van der Waals surface area contributed by atoms with Crippen molar-refractivity contribution in [2.75, 3.05) is 19.8 Å². The van der Waals surface area contributed by atoms with Gasteiger partial charge >= 0.3 is 0 Å². The summed E-state index contributed by atoms with van der Waals surface area (Å²) in [6.45, 7) is 3.52. The zero-order chi connectivity index (χ0) is 14.5. The maximum atomic E-state index is 5.95. The number of halogens is 1. The van der Waals surface area contributed by atoms with Crippen LogP contribution in [0.1, 0.15) is 38.5 Å². The van der Waals surface area contributed by atoms with Crippen LogP contribution in [0.3, 0.4) is 0 Å². The summed E-state index contributed by atoms with van der Waals surface area (Å²) in [6, 6.07) is 0.414. The SMILES string of the molecule is Cl.NC1CCC(Cn2cc(OCC3CCOCC3)cn2)CC1. The van der Waals surface area contributed by atoms with E-state index in [1.807, 2.05) is 17.1 Å². The van der Waals surface area contributed by atoms with E-state index in [-0.39, 0.29) is 12.4 Å². The second-order valence-electron chi connectivity index (χ2n) is 6.55. The Balaban J connectivity index is 0.00000176. The van der Waals surface area contributed by atoms with Crippen LogP contribution in [0, 0.1) is 11.8 Å². The number of nitrogens with two attached hydrogens (primary N) is 1. The molecule has 1 aromatic rings. The summed E-state index contributed by atoms with van der Waals surface area (Å²) in [5.41, 5.74) is 5.95. The average Bonchev–Trinajstić information content (AvgIpc) is 2.96. The second kappa shape index (κ2) is 8.75. The largest absolute Gasteiger partial charge is 0.490 e. The van der Waals surface area contributed by atoms with Crippen LogP contribution >= 0.6 is 12.4 Å². The van der Waals surface area contributed by atoms with E-state index in [9.17, 15) is 0 Å². The van der Waals surface area contributed by atoms with Crippen molar-refractivity contribution in [2.24, 2.45) is 17.6 Å². The summed E-state index contributed by atoms with van der Waals surface area (Å²) in [6.07, 6.45) is 10.8. The molecule has 0 unspecified atom stereocenters.